The van der Waals surface area contributed by atoms with Gasteiger partial charge in [0.25, 0.3) is 0 Å². The van der Waals surface area contributed by atoms with Gasteiger partial charge in [-0.3, -0.25) is 4.90 Å². The maximum absolute atomic E-state index is 13.8. The van der Waals surface area contributed by atoms with Crippen LogP contribution in [0.1, 0.15) is 55.2 Å². The summed E-state index contributed by atoms with van der Waals surface area (Å²) < 4.78 is 47.0. The first-order valence-corrected chi connectivity index (χ1v) is 16.6. The van der Waals surface area contributed by atoms with Crippen LogP contribution in [-0.2, 0) is 32.2 Å². The first-order valence-electron chi connectivity index (χ1n) is 14.8. The van der Waals surface area contributed by atoms with E-state index in [-0.39, 0.29) is 34.4 Å². The predicted molar refractivity (Wildman–Crippen MR) is 149 cm³/mol. The zero-order chi connectivity index (χ0) is 26.6. The minimum absolute atomic E-state index is 0.0113. The molecule has 2 aliphatic heterocycles. The number of hydrogen-bond acceptors (Lipinski definition) is 6. The summed E-state index contributed by atoms with van der Waals surface area (Å²) in [7, 11) is 0.157. The van der Waals surface area contributed by atoms with Crippen molar-refractivity contribution < 1.29 is 22.6 Å². The van der Waals surface area contributed by atoms with Gasteiger partial charge in [-0.1, -0.05) is 36.4 Å². The highest BCUT2D eigenvalue weighted by Crippen LogP contribution is 2.76. The lowest BCUT2D eigenvalue weighted by atomic mass is 9.35. The normalized spacial score (nSPS) is 37.8. The molecule has 2 spiro atoms. The third-order valence-corrected chi connectivity index (χ3v) is 13.4. The van der Waals surface area contributed by atoms with Crippen LogP contribution in [0.15, 0.2) is 42.5 Å². The van der Waals surface area contributed by atoms with Crippen LogP contribution >= 0.6 is 0 Å². The van der Waals surface area contributed by atoms with E-state index in [2.05, 4.69) is 17.0 Å². The zero-order valence-corrected chi connectivity index (χ0v) is 23.8. The summed E-state index contributed by atoms with van der Waals surface area (Å²) in [4.78, 5) is 2.80. The Hall–Kier alpha value is -2.09. The van der Waals surface area contributed by atoms with Gasteiger partial charge in [0.1, 0.15) is 11.7 Å². The number of nitrogens with zero attached hydrogens (tertiary/aromatic N) is 1. The van der Waals surface area contributed by atoms with Crippen molar-refractivity contribution in [2.45, 2.75) is 73.9 Å². The van der Waals surface area contributed by atoms with Crippen LogP contribution in [0.5, 0.6) is 11.5 Å². The summed E-state index contributed by atoms with van der Waals surface area (Å²) in [6, 6.07) is 14.4. The van der Waals surface area contributed by atoms with E-state index in [1.807, 2.05) is 30.3 Å². The molecule has 7 aliphatic rings. The van der Waals surface area contributed by atoms with E-state index >= 15 is 0 Å². The Morgan fingerprint density at radius 2 is 1.87 bits per heavy atom. The molecule has 2 aromatic carbocycles. The smallest absolute Gasteiger partial charge is 0.165 e. The standard InChI is InChI=1S/C32H39NO5S/c1-36-25-11-10-23-16-26-30-12-13-32(37-2,24(17-30)20-39(34,35)19-22-6-4-3-5-7-22)29-31(30,27(23)28(25)38-29)14-15-33(26)18-21-8-9-21/h3-7,10-11,21,24,26,29H,8-9,12-20H2,1-2H3/t24-,26-,29-,30?,31?,32?/m1/s1. The van der Waals surface area contributed by atoms with Gasteiger partial charge < -0.3 is 14.2 Å². The lowest BCUT2D eigenvalue weighted by molar-refractivity contribution is -0.273. The lowest BCUT2D eigenvalue weighted by Crippen LogP contribution is -2.81. The fraction of sp³-hybridized carbons (Fsp3) is 0.625. The van der Waals surface area contributed by atoms with Crippen LogP contribution < -0.4 is 9.47 Å². The van der Waals surface area contributed by atoms with E-state index < -0.39 is 15.4 Å². The van der Waals surface area contributed by atoms with Gasteiger partial charge in [0.15, 0.2) is 21.3 Å². The summed E-state index contributed by atoms with van der Waals surface area (Å²) in [6.45, 7) is 2.26. The third kappa shape index (κ3) is 3.18. The molecular formula is C32H39NO5S. The average molecular weight is 550 g/mol. The van der Waals surface area contributed by atoms with Crippen molar-refractivity contribution >= 4 is 9.84 Å². The molecule has 7 heteroatoms. The van der Waals surface area contributed by atoms with Crippen LogP contribution in [0.25, 0.3) is 0 Å². The molecule has 4 bridgehead atoms. The molecule has 3 unspecified atom stereocenters. The number of methoxy groups -OCH3 is 2. The summed E-state index contributed by atoms with van der Waals surface area (Å²) in [5, 5.41) is 0. The Balaban J connectivity index is 1.26. The van der Waals surface area contributed by atoms with Gasteiger partial charge in [0, 0.05) is 42.0 Å². The number of piperidine rings is 1. The molecule has 5 fully saturated rings. The largest absolute Gasteiger partial charge is 0.493 e. The topological polar surface area (TPSA) is 65.1 Å². The number of benzene rings is 2. The predicted octanol–water partition coefficient (Wildman–Crippen LogP) is 4.53. The molecule has 1 saturated heterocycles. The maximum atomic E-state index is 13.8. The van der Waals surface area contributed by atoms with Crippen molar-refractivity contribution in [3.05, 3.63) is 59.2 Å². The van der Waals surface area contributed by atoms with Gasteiger partial charge >= 0.3 is 0 Å². The SMILES string of the molecule is COc1ccc2c3c1O[C@H]1C4(OC)CCC5(C[C@@H]4CS(=O)(=O)Cc4ccccc4)[C@@H](C2)N(CC2CC2)CCC315. The number of rotatable bonds is 8. The van der Waals surface area contributed by atoms with Gasteiger partial charge in [0.05, 0.1) is 18.6 Å². The molecule has 6 atom stereocenters. The number of fused-ring (bicyclic) bond motifs is 2. The minimum atomic E-state index is -3.36. The van der Waals surface area contributed by atoms with Gasteiger partial charge in [-0.15, -0.1) is 0 Å². The second kappa shape index (κ2) is 8.23. The highest BCUT2D eigenvalue weighted by molar-refractivity contribution is 7.90. The zero-order valence-electron chi connectivity index (χ0n) is 23.0. The van der Waals surface area contributed by atoms with Gasteiger partial charge in [-0.2, -0.15) is 0 Å². The Kier molecular flexibility index (Phi) is 5.21. The third-order valence-electron chi connectivity index (χ3n) is 11.7. The van der Waals surface area contributed by atoms with Crippen molar-refractivity contribution in [2.75, 3.05) is 33.1 Å². The van der Waals surface area contributed by atoms with E-state index in [1.165, 1.54) is 30.5 Å². The van der Waals surface area contributed by atoms with Crippen molar-refractivity contribution in [2.24, 2.45) is 17.3 Å². The number of ether oxygens (including phenoxy) is 3. The average Bonchev–Trinajstić information content (AvgIpc) is 3.67. The molecule has 0 radical (unpaired) electrons. The summed E-state index contributed by atoms with van der Waals surface area (Å²) in [6.07, 6.45) is 7.36. The van der Waals surface area contributed by atoms with Gasteiger partial charge in [-0.05, 0) is 74.6 Å². The molecular weight excluding hydrogens is 510 g/mol. The molecule has 2 heterocycles. The fourth-order valence-electron chi connectivity index (χ4n) is 10.1. The molecule has 0 amide bonds. The molecule has 208 valence electrons. The molecule has 6 nitrogen and oxygen atoms in total. The Labute approximate surface area is 231 Å². The molecule has 5 aliphatic carbocycles. The lowest BCUT2D eigenvalue weighted by Gasteiger charge is -2.74. The summed E-state index contributed by atoms with van der Waals surface area (Å²) >= 11 is 0. The van der Waals surface area contributed by atoms with Crippen LogP contribution in [0.4, 0.5) is 0 Å². The quantitative estimate of drug-likeness (QED) is 0.482. The molecule has 0 aromatic heterocycles. The van der Waals surface area contributed by atoms with Crippen LogP contribution in [0, 0.1) is 17.3 Å². The number of sulfone groups is 1. The monoisotopic (exact) mass is 549 g/mol. The van der Waals surface area contributed by atoms with Crippen LogP contribution in [0.2, 0.25) is 0 Å². The van der Waals surface area contributed by atoms with E-state index in [0.717, 1.165) is 61.6 Å². The number of hydrogen-bond donors (Lipinski definition) is 0. The van der Waals surface area contributed by atoms with Gasteiger partial charge in [0.2, 0.25) is 0 Å². The van der Waals surface area contributed by atoms with E-state index in [4.69, 9.17) is 14.2 Å². The van der Waals surface area contributed by atoms with Crippen molar-refractivity contribution in [3.63, 3.8) is 0 Å². The van der Waals surface area contributed by atoms with E-state index in [9.17, 15) is 8.42 Å². The van der Waals surface area contributed by atoms with E-state index in [0.29, 0.717) is 6.04 Å². The molecule has 9 rings (SSSR count). The number of likely N-dealkylation sites (tertiary alicyclic amines) is 1. The minimum Gasteiger partial charge on any atom is -0.493 e. The molecule has 2 aromatic rings. The first kappa shape index (κ1) is 24.7. The van der Waals surface area contributed by atoms with Gasteiger partial charge in [-0.25, -0.2) is 8.42 Å². The van der Waals surface area contributed by atoms with Crippen molar-refractivity contribution in [1.82, 2.24) is 4.90 Å². The van der Waals surface area contributed by atoms with Crippen LogP contribution in [-0.4, -0.2) is 64.1 Å². The molecule has 4 saturated carbocycles. The van der Waals surface area contributed by atoms with Crippen molar-refractivity contribution in [3.8, 4) is 11.5 Å². The highest BCUT2D eigenvalue weighted by Gasteiger charge is 2.80. The first-order chi connectivity index (χ1) is 18.9. The fourth-order valence-corrected chi connectivity index (χ4v) is 11.9. The Morgan fingerprint density at radius 3 is 2.62 bits per heavy atom. The second-order valence-corrected chi connectivity index (χ2v) is 15.4. The molecule has 39 heavy (non-hydrogen) atoms. The Morgan fingerprint density at radius 1 is 1.05 bits per heavy atom. The summed E-state index contributed by atoms with van der Waals surface area (Å²) in [5.41, 5.74) is 2.82. The van der Waals surface area contributed by atoms with Crippen LogP contribution in [0.3, 0.4) is 0 Å². The molecule has 0 N–H and O–H groups in total. The van der Waals surface area contributed by atoms with Crippen molar-refractivity contribution in [1.29, 1.82) is 0 Å². The maximum Gasteiger partial charge on any atom is 0.165 e. The highest BCUT2D eigenvalue weighted by atomic mass is 32.2. The van der Waals surface area contributed by atoms with E-state index in [1.54, 1.807) is 14.2 Å². The Bertz CT molecular complexity index is 1420. The summed E-state index contributed by atoms with van der Waals surface area (Å²) in [5.74, 6) is 2.63. The second-order valence-electron chi connectivity index (χ2n) is 13.3.